The summed E-state index contributed by atoms with van der Waals surface area (Å²) in [5, 5.41) is 5.08. The van der Waals surface area contributed by atoms with Crippen LogP contribution in [0.3, 0.4) is 0 Å². The molecule has 98 valence electrons. The van der Waals surface area contributed by atoms with E-state index in [4.69, 9.17) is 5.73 Å². The molecule has 0 atom stereocenters. The van der Waals surface area contributed by atoms with E-state index in [2.05, 4.69) is 10.6 Å². The van der Waals surface area contributed by atoms with Crippen LogP contribution >= 0.6 is 0 Å². The van der Waals surface area contributed by atoms with Gasteiger partial charge in [-0.1, -0.05) is 25.1 Å². The van der Waals surface area contributed by atoms with Gasteiger partial charge < -0.3 is 16.4 Å². The van der Waals surface area contributed by atoms with Crippen molar-refractivity contribution in [3.8, 4) is 0 Å². The molecule has 18 heavy (non-hydrogen) atoms. The van der Waals surface area contributed by atoms with E-state index in [9.17, 15) is 9.59 Å². The van der Waals surface area contributed by atoms with E-state index >= 15 is 0 Å². The second-order valence-corrected chi connectivity index (χ2v) is 3.96. The van der Waals surface area contributed by atoms with Crippen LogP contribution in [0.15, 0.2) is 18.2 Å². The summed E-state index contributed by atoms with van der Waals surface area (Å²) in [4.78, 5) is 23.1. The molecule has 0 aliphatic rings. The van der Waals surface area contributed by atoms with Crippen molar-refractivity contribution in [2.45, 2.75) is 20.3 Å². The van der Waals surface area contributed by atoms with E-state index in [0.717, 1.165) is 17.5 Å². The van der Waals surface area contributed by atoms with Gasteiger partial charge in [-0.05, 0) is 24.5 Å². The van der Waals surface area contributed by atoms with E-state index in [1.54, 1.807) is 0 Å². The number of anilines is 1. The van der Waals surface area contributed by atoms with Gasteiger partial charge in [0.25, 0.3) is 0 Å². The second-order valence-electron chi connectivity index (χ2n) is 3.96. The Labute approximate surface area is 107 Å². The lowest BCUT2D eigenvalue weighted by molar-refractivity contribution is -0.136. The van der Waals surface area contributed by atoms with Crippen LogP contribution in [-0.4, -0.2) is 24.9 Å². The molecule has 0 radical (unpaired) electrons. The van der Waals surface area contributed by atoms with Gasteiger partial charge in [-0.15, -0.1) is 0 Å². The predicted octanol–water partition coefficient (Wildman–Crippen LogP) is 0.571. The summed E-state index contributed by atoms with van der Waals surface area (Å²) in [5.74, 6) is -1.32. The Morgan fingerprint density at radius 1 is 1.28 bits per heavy atom. The molecule has 1 aromatic rings. The molecule has 0 fully saturated rings. The van der Waals surface area contributed by atoms with Gasteiger partial charge in [0.05, 0.1) is 0 Å². The molecule has 1 rings (SSSR count). The Balaban J connectivity index is 2.78. The first kappa shape index (κ1) is 14.2. The van der Waals surface area contributed by atoms with Crippen molar-refractivity contribution >= 4 is 17.5 Å². The minimum absolute atomic E-state index is 0.292. The number of benzene rings is 1. The van der Waals surface area contributed by atoms with Crippen molar-refractivity contribution < 1.29 is 9.59 Å². The number of aryl methyl sites for hydroxylation is 2. The van der Waals surface area contributed by atoms with Gasteiger partial charge in [-0.25, -0.2) is 0 Å². The highest BCUT2D eigenvalue weighted by atomic mass is 16.2. The lowest BCUT2D eigenvalue weighted by Crippen LogP contribution is -2.38. The molecule has 1 aromatic carbocycles. The normalized spacial score (nSPS) is 9.94. The van der Waals surface area contributed by atoms with Crippen molar-refractivity contribution in [2.75, 3.05) is 18.4 Å². The molecule has 0 heterocycles. The number of hydrogen-bond acceptors (Lipinski definition) is 3. The second kappa shape index (κ2) is 6.76. The number of nitrogens with two attached hydrogens (primary N) is 1. The Morgan fingerprint density at radius 3 is 2.61 bits per heavy atom. The van der Waals surface area contributed by atoms with Crippen molar-refractivity contribution in [2.24, 2.45) is 5.73 Å². The molecule has 0 aliphatic heterocycles. The van der Waals surface area contributed by atoms with Crippen molar-refractivity contribution in [1.29, 1.82) is 0 Å². The Bertz CT molecular complexity index is 444. The molecule has 0 aromatic heterocycles. The van der Waals surface area contributed by atoms with Crippen molar-refractivity contribution in [1.82, 2.24) is 5.32 Å². The third-order valence-corrected chi connectivity index (χ3v) is 2.61. The summed E-state index contributed by atoms with van der Waals surface area (Å²) >= 11 is 0. The Morgan fingerprint density at radius 2 is 2.00 bits per heavy atom. The van der Waals surface area contributed by atoms with Crippen LogP contribution in [0.1, 0.15) is 18.1 Å². The van der Waals surface area contributed by atoms with Gasteiger partial charge in [0, 0.05) is 18.8 Å². The molecular weight excluding hydrogens is 230 g/mol. The first-order valence-electron chi connectivity index (χ1n) is 5.97. The monoisotopic (exact) mass is 249 g/mol. The molecule has 4 N–H and O–H groups in total. The Kier molecular flexibility index (Phi) is 5.32. The first-order valence-corrected chi connectivity index (χ1v) is 5.97. The summed E-state index contributed by atoms with van der Waals surface area (Å²) in [7, 11) is 0. The molecule has 0 saturated heterocycles. The quantitative estimate of drug-likeness (QED) is 0.682. The average Bonchev–Trinajstić information content (AvgIpc) is 2.38. The van der Waals surface area contributed by atoms with Crippen LogP contribution in [-0.2, 0) is 16.0 Å². The van der Waals surface area contributed by atoms with E-state index < -0.39 is 11.8 Å². The van der Waals surface area contributed by atoms with Crippen LogP contribution in [0.2, 0.25) is 0 Å². The highest BCUT2D eigenvalue weighted by Gasteiger charge is 2.15. The van der Waals surface area contributed by atoms with Gasteiger partial charge in [-0.3, -0.25) is 9.59 Å². The van der Waals surface area contributed by atoms with E-state index in [1.807, 2.05) is 32.0 Å². The van der Waals surface area contributed by atoms with Gasteiger partial charge in [-0.2, -0.15) is 0 Å². The average molecular weight is 249 g/mol. The molecule has 0 unspecified atom stereocenters. The number of rotatable bonds is 4. The maximum atomic E-state index is 11.7. The molecule has 5 nitrogen and oxygen atoms in total. The molecule has 2 amide bonds. The van der Waals surface area contributed by atoms with Crippen LogP contribution in [0.25, 0.3) is 0 Å². The third-order valence-electron chi connectivity index (χ3n) is 2.61. The smallest absolute Gasteiger partial charge is 0.313 e. The summed E-state index contributed by atoms with van der Waals surface area (Å²) in [6.45, 7) is 4.50. The largest absolute Gasteiger partial charge is 0.347 e. The number of nitrogens with one attached hydrogen (secondary N) is 2. The van der Waals surface area contributed by atoms with E-state index in [0.29, 0.717) is 18.8 Å². The van der Waals surface area contributed by atoms with Crippen LogP contribution in [0, 0.1) is 6.92 Å². The summed E-state index contributed by atoms with van der Waals surface area (Å²) in [5.41, 5.74) is 7.92. The van der Waals surface area contributed by atoms with E-state index in [-0.39, 0.29) is 0 Å². The zero-order valence-electron chi connectivity index (χ0n) is 10.7. The fourth-order valence-corrected chi connectivity index (χ4v) is 1.64. The standard InChI is InChI=1S/C13H19N3O2/c1-3-10-6-4-5-9(2)11(10)16-13(18)12(17)15-8-7-14/h4-6H,3,7-8,14H2,1-2H3,(H,15,17)(H,16,18). The highest BCUT2D eigenvalue weighted by molar-refractivity contribution is 6.39. The van der Waals surface area contributed by atoms with Crippen LogP contribution in [0.5, 0.6) is 0 Å². The highest BCUT2D eigenvalue weighted by Crippen LogP contribution is 2.20. The van der Waals surface area contributed by atoms with Gasteiger partial charge in [0.15, 0.2) is 0 Å². The fourth-order valence-electron chi connectivity index (χ4n) is 1.64. The first-order chi connectivity index (χ1) is 8.60. The molecule has 0 aliphatic carbocycles. The maximum Gasteiger partial charge on any atom is 0.313 e. The van der Waals surface area contributed by atoms with E-state index in [1.165, 1.54) is 0 Å². The summed E-state index contributed by atoms with van der Waals surface area (Å²) < 4.78 is 0. The fraction of sp³-hybridized carbons (Fsp3) is 0.385. The zero-order chi connectivity index (χ0) is 13.5. The predicted molar refractivity (Wildman–Crippen MR) is 71.3 cm³/mol. The topological polar surface area (TPSA) is 84.2 Å². The molecule has 0 spiro atoms. The van der Waals surface area contributed by atoms with Gasteiger partial charge in [0.2, 0.25) is 0 Å². The number of carbonyl (C=O) groups excluding carboxylic acids is 2. The minimum atomic E-state index is -0.661. The number of para-hydroxylation sites is 1. The lowest BCUT2D eigenvalue weighted by Gasteiger charge is -2.12. The zero-order valence-corrected chi connectivity index (χ0v) is 10.7. The minimum Gasteiger partial charge on any atom is -0.347 e. The molecule has 0 saturated carbocycles. The van der Waals surface area contributed by atoms with Gasteiger partial charge >= 0.3 is 11.8 Å². The maximum absolute atomic E-state index is 11.7. The van der Waals surface area contributed by atoms with Crippen LogP contribution in [0.4, 0.5) is 5.69 Å². The summed E-state index contributed by atoms with van der Waals surface area (Å²) in [6, 6.07) is 5.76. The number of hydrogen-bond donors (Lipinski definition) is 3. The van der Waals surface area contributed by atoms with Crippen molar-refractivity contribution in [3.63, 3.8) is 0 Å². The summed E-state index contributed by atoms with van der Waals surface area (Å²) in [6.07, 6.45) is 0.793. The molecule has 5 heteroatoms. The number of carbonyl (C=O) groups is 2. The number of amides is 2. The lowest BCUT2D eigenvalue weighted by atomic mass is 10.1. The van der Waals surface area contributed by atoms with Gasteiger partial charge in [0.1, 0.15) is 0 Å². The SMILES string of the molecule is CCc1cccc(C)c1NC(=O)C(=O)NCCN. The Hall–Kier alpha value is -1.88. The third kappa shape index (κ3) is 3.56. The van der Waals surface area contributed by atoms with Crippen molar-refractivity contribution in [3.05, 3.63) is 29.3 Å². The molecule has 0 bridgehead atoms. The molecular formula is C13H19N3O2. The van der Waals surface area contributed by atoms with Crippen LogP contribution < -0.4 is 16.4 Å².